The molecule has 0 unspecified atom stereocenters. The topological polar surface area (TPSA) is 34.1 Å². The third-order valence-corrected chi connectivity index (χ3v) is 5.03. The van der Waals surface area contributed by atoms with Crippen LogP contribution in [0.5, 0.6) is 0 Å². The quantitative estimate of drug-likeness (QED) is 0.772. The lowest BCUT2D eigenvalue weighted by molar-refractivity contribution is 0.610. The minimum atomic E-state index is -3.12. The first-order chi connectivity index (χ1) is 5.56. The summed E-state index contributed by atoms with van der Waals surface area (Å²) in [5.41, 5.74) is 0. The summed E-state index contributed by atoms with van der Waals surface area (Å²) >= 11 is 3.23. The maximum atomic E-state index is 11.3. The molecular weight excluding hydrogens is 260 g/mol. The lowest BCUT2D eigenvalue weighted by Gasteiger charge is -1.98. The van der Waals surface area contributed by atoms with E-state index in [9.17, 15) is 8.42 Å². The van der Waals surface area contributed by atoms with E-state index < -0.39 is 8.87 Å². The molecule has 0 bridgehead atoms. The van der Waals surface area contributed by atoms with E-state index in [4.69, 9.17) is 0 Å². The first-order valence-electron chi connectivity index (χ1n) is 3.12. The van der Waals surface area contributed by atoms with Crippen LogP contribution in [0, 0.1) is 0 Å². The fourth-order valence-electron chi connectivity index (χ4n) is 0.697. The van der Waals surface area contributed by atoms with Crippen molar-refractivity contribution >= 4 is 35.6 Å². The number of benzene rings is 1. The SMILES string of the molecule is CSS(=O)(=O)c1ccc(Br)cc1. The van der Waals surface area contributed by atoms with Crippen LogP contribution in [0.15, 0.2) is 33.6 Å². The van der Waals surface area contributed by atoms with Crippen molar-refractivity contribution in [2.24, 2.45) is 0 Å². The van der Waals surface area contributed by atoms with Crippen molar-refractivity contribution in [3.8, 4) is 0 Å². The van der Waals surface area contributed by atoms with E-state index in [2.05, 4.69) is 15.9 Å². The van der Waals surface area contributed by atoms with E-state index in [-0.39, 0.29) is 0 Å². The Labute approximate surface area is 83.8 Å². The van der Waals surface area contributed by atoms with E-state index in [1.54, 1.807) is 30.5 Å². The summed E-state index contributed by atoms with van der Waals surface area (Å²) in [5, 5.41) is 0. The molecule has 0 N–H and O–H groups in total. The van der Waals surface area contributed by atoms with Crippen molar-refractivity contribution in [2.45, 2.75) is 4.90 Å². The molecule has 0 atom stereocenters. The molecule has 2 nitrogen and oxygen atoms in total. The third-order valence-electron chi connectivity index (χ3n) is 1.32. The van der Waals surface area contributed by atoms with Gasteiger partial charge in [0.2, 0.25) is 8.87 Å². The standard InChI is InChI=1S/C7H7BrO2S2/c1-11-12(9,10)7-4-2-6(8)3-5-7/h2-5H,1H3. The fraction of sp³-hybridized carbons (Fsp3) is 0.143. The summed E-state index contributed by atoms with van der Waals surface area (Å²) in [6, 6.07) is 6.58. The van der Waals surface area contributed by atoms with Gasteiger partial charge in [-0.15, -0.1) is 0 Å². The van der Waals surface area contributed by atoms with Crippen LogP contribution < -0.4 is 0 Å². The molecule has 0 aliphatic rings. The summed E-state index contributed by atoms with van der Waals surface area (Å²) in [5.74, 6) is 0. The smallest absolute Gasteiger partial charge is 0.212 e. The van der Waals surface area contributed by atoms with Crippen LogP contribution >= 0.6 is 26.7 Å². The van der Waals surface area contributed by atoms with Crippen LogP contribution in [0.3, 0.4) is 0 Å². The predicted molar refractivity (Wildman–Crippen MR) is 54.8 cm³/mol. The lowest BCUT2D eigenvalue weighted by Crippen LogP contribution is -1.92. The van der Waals surface area contributed by atoms with E-state index in [1.807, 2.05) is 0 Å². The normalized spacial score (nSPS) is 11.5. The van der Waals surface area contributed by atoms with Crippen molar-refractivity contribution < 1.29 is 8.42 Å². The van der Waals surface area contributed by atoms with E-state index in [1.165, 1.54) is 0 Å². The van der Waals surface area contributed by atoms with Crippen molar-refractivity contribution in [2.75, 3.05) is 6.26 Å². The van der Waals surface area contributed by atoms with Crippen molar-refractivity contribution in [3.05, 3.63) is 28.7 Å². The Bertz CT molecular complexity index is 355. The Hall–Kier alpha value is -0.000000000000000111. The summed E-state index contributed by atoms with van der Waals surface area (Å²) in [7, 11) is -2.28. The highest BCUT2D eigenvalue weighted by atomic mass is 79.9. The highest BCUT2D eigenvalue weighted by Crippen LogP contribution is 2.22. The monoisotopic (exact) mass is 266 g/mol. The summed E-state index contributed by atoms with van der Waals surface area (Å²) in [4.78, 5) is 0.346. The highest BCUT2D eigenvalue weighted by molar-refractivity contribution is 9.10. The van der Waals surface area contributed by atoms with E-state index in [0.29, 0.717) is 4.90 Å². The Morgan fingerprint density at radius 3 is 2.17 bits per heavy atom. The molecule has 1 aromatic rings. The molecule has 1 rings (SSSR count). The van der Waals surface area contributed by atoms with Crippen molar-refractivity contribution in [3.63, 3.8) is 0 Å². The van der Waals surface area contributed by atoms with E-state index in [0.717, 1.165) is 15.3 Å². The second-order valence-corrected chi connectivity index (χ2v) is 7.02. The minimum absolute atomic E-state index is 0.346. The zero-order chi connectivity index (χ0) is 9.19. The summed E-state index contributed by atoms with van der Waals surface area (Å²) in [6.45, 7) is 0. The van der Waals surface area contributed by atoms with Gasteiger partial charge >= 0.3 is 0 Å². The second kappa shape index (κ2) is 3.81. The minimum Gasteiger partial charge on any atom is -0.212 e. The molecule has 0 spiro atoms. The number of halogens is 1. The Morgan fingerprint density at radius 1 is 1.25 bits per heavy atom. The molecular formula is C7H7BrO2S2. The molecule has 1 aromatic carbocycles. The molecule has 0 radical (unpaired) electrons. The van der Waals surface area contributed by atoms with E-state index >= 15 is 0 Å². The van der Waals surface area contributed by atoms with Gasteiger partial charge in [-0.2, -0.15) is 0 Å². The molecule has 0 amide bonds. The summed E-state index contributed by atoms with van der Waals surface area (Å²) in [6.07, 6.45) is 1.55. The van der Waals surface area contributed by atoms with Crippen molar-refractivity contribution in [1.29, 1.82) is 0 Å². The van der Waals surface area contributed by atoms with Gasteiger partial charge in [0.05, 0.1) is 4.90 Å². The second-order valence-electron chi connectivity index (χ2n) is 2.07. The zero-order valence-corrected chi connectivity index (χ0v) is 9.54. The Kier molecular flexibility index (Phi) is 3.20. The molecule has 0 saturated carbocycles. The van der Waals surface area contributed by atoms with Gasteiger partial charge in [-0.3, -0.25) is 0 Å². The Balaban J connectivity index is 3.14. The molecule has 5 heteroatoms. The molecule has 66 valence electrons. The molecule has 0 fully saturated rings. The average Bonchev–Trinajstić information content (AvgIpc) is 2.05. The summed E-state index contributed by atoms with van der Waals surface area (Å²) < 4.78 is 23.4. The largest absolute Gasteiger partial charge is 0.229 e. The van der Waals surface area contributed by atoms with Crippen molar-refractivity contribution in [1.82, 2.24) is 0 Å². The molecule has 0 saturated heterocycles. The van der Waals surface area contributed by atoms with Gasteiger partial charge in [0.15, 0.2) is 0 Å². The fourth-order valence-corrected chi connectivity index (χ4v) is 2.53. The van der Waals surface area contributed by atoms with Crippen LogP contribution in [0.2, 0.25) is 0 Å². The lowest BCUT2D eigenvalue weighted by atomic mass is 10.4. The maximum Gasteiger partial charge on any atom is 0.229 e. The van der Waals surface area contributed by atoms with Gasteiger partial charge in [0, 0.05) is 4.47 Å². The van der Waals surface area contributed by atoms with Crippen LogP contribution in [-0.2, 0) is 8.87 Å². The van der Waals surface area contributed by atoms with Crippen LogP contribution in [0.4, 0.5) is 0 Å². The number of hydrogen-bond acceptors (Lipinski definition) is 3. The van der Waals surface area contributed by atoms with Gasteiger partial charge in [-0.05, 0) is 41.3 Å². The number of rotatable bonds is 2. The van der Waals surface area contributed by atoms with Gasteiger partial charge in [-0.25, -0.2) is 8.42 Å². The van der Waals surface area contributed by atoms with Gasteiger partial charge in [0.1, 0.15) is 0 Å². The molecule has 0 aliphatic heterocycles. The van der Waals surface area contributed by atoms with Crippen LogP contribution in [0.1, 0.15) is 0 Å². The number of hydrogen-bond donors (Lipinski definition) is 0. The average molecular weight is 267 g/mol. The first kappa shape index (κ1) is 10.1. The molecule has 12 heavy (non-hydrogen) atoms. The van der Waals surface area contributed by atoms with Gasteiger partial charge in [-0.1, -0.05) is 15.9 Å². The van der Waals surface area contributed by atoms with Gasteiger partial charge < -0.3 is 0 Å². The highest BCUT2D eigenvalue weighted by Gasteiger charge is 2.10. The third kappa shape index (κ3) is 2.24. The van der Waals surface area contributed by atoms with Gasteiger partial charge in [0.25, 0.3) is 0 Å². The van der Waals surface area contributed by atoms with Crippen LogP contribution in [0.25, 0.3) is 0 Å². The molecule has 0 aliphatic carbocycles. The maximum absolute atomic E-state index is 11.3. The first-order valence-corrected chi connectivity index (χ1v) is 7.14. The zero-order valence-electron chi connectivity index (χ0n) is 6.32. The predicted octanol–water partition coefficient (Wildman–Crippen LogP) is 2.50. The van der Waals surface area contributed by atoms with Crippen LogP contribution in [-0.4, -0.2) is 14.7 Å². The molecule has 0 aromatic heterocycles. The Morgan fingerprint density at radius 2 is 1.75 bits per heavy atom. The molecule has 0 heterocycles.